The Balaban J connectivity index is 1.89. The van der Waals surface area contributed by atoms with Crippen molar-refractivity contribution in [2.24, 2.45) is 0 Å². The third kappa shape index (κ3) is 4.30. The lowest BCUT2D eigenvalue weighted by molar-refractivity contribution is -0.123. The van der Waals surface area contributed by atoms with Gasteiger partial charge in [-0.3, -0.25) is 9.78 Å². The van der Waals surface area contributed by atoms with Crippen molar-refractivity contribution < 1.29 is 22.8 Å². The molecule has 0 spiro atoms. The quantitative estimate of drug-likeness (QED) is 0.454. The number of hydrogen-bond acceptors (Lipinski definition) is 4. The number of imide groups is 1. The van der Waals surface area contributed by atoms with Crippen LogP contribution in [-0.4, -0.2) is 32.9 Å². The number of pyridine rings is 1. The largest absolute Gasteiger partial charge is 0.446 e. The number of aromatic nitrogens is 1. The molecule has 0 saturated carbocycles. The maximum Gasteiger partial charge on any atom is 0.446 e. The fourth-order valence-electron chi connectivity index (χ4n) is 3.40. The number of benzene rings is 1. The van der Waals surface area contributed by atoms with Crippen molar-refractivity contribution in [2.45, 2.75) is 56.1 Å². The zero-order valence-corrected chi connectivity index (χ0v) is 17.8. The van der Waals surface area contributed by atoms with Crippen molar-refractivity contribution in [3.63, 3.8) is 0 Å². The van der Waals surface area contributed by atoms with E-state index in [1.807, 2.05) is 19.9 Å². The Hall–Kier alpha value is -2.55. The highest BCUT2D eigenvalue weighted by molar-refractivity contribution is 8.00. The molecule has 1 aromatic heterocycles. The van der Waals surface area contributed by atoms with Gasteiger partial charge in [0.25, 0.3) is 5.91 Å². The molecule has 160 valence electrons. The van der Waals surface area contributed by atoms with E-state index >= 15 is 0 Å². The van der Waals surface area contributed by atoms with Crippen molar-refractivity contribution in [1.29, 1.82) is 0 Å². The molecule has 0 N–H and O–H groups in total. The lowest BCUT2D eigenvalue weighted by atomic mass is 9.97. The summed E-state index contributed by atoms with van der Waals surface area (Å²) in [5.41, 5.74) is -3.38. The van der Waals surface area contributed by atoms with E-state index in [2.05, 4.69) is 4.98 Å². The number of nitrogens with zero attached hydrogens (tertiary/aromatic N) is 3. The topological polar surface area (TPSA) is 53.5 Å². The predicted molar refractivity (Wildman–Crippen MR) is 109 cm³/mol. The zero-order chi connectivity index (χ0) is 22.3. The van der Waals surface area contributed by atoms with Crippen LogP contribution in [0.15, 0.2) is 47.6 Å². The average molecular weight is 437 g/mol. The zero-order valence-electron chi connectivity index (χ0n) is 17.0. The molecule has 0 aliphatic carbocycles. The van der Waals surface area contributed by atoms with Gasteiger partial charge in [-0.2, -0.15) is 13.2 Å². The van der Waals surface area contributed by atoms with Crippen molar-refractivity contribution in [1.82, 2.24) is 9.88 Å². The third-order valence-electron chi connectivity index (χ3n) is 5.05. The number of urea groups is 1. The predicted octanol–water partition coefficient (Wildman–Crippen LogP) is 5.56. The smallest absolute Gasteiger partial charge is 0.305 e. The third-order valence-corrected chi connectivity index (χ3v) is 5.79. The normalized spacial score (nSPS) is 16.7. The first-order valence-electron chi connectivity index (χ1n) is 9.36. The molecule has 1 aliphatic rings. The first-order chi connectivity index (χ1) is 13.9. The molecule has 0 atom stereocenters. The fraction of sp³-hybridized carbons (Fsp3) is 0.381. The van der Waals surface area contributed by atoms with Crippen LogP contribution in [-0.2, 0) is 11.3 Å². The second kappa shape index (κ2) is 7.94. The molecule has 2 heterocycles. The van der Waals surface area contributed by atoms with Gasteiger partial charge in [-0.1, -0.05) is 13.8 Å². The molecular formula is C21H22F3N3O2S. The molecule has 2 aromatic rings. The highest BCUT2D eigenvalue weighted by Gasteiger charge is 2.51. The van der Waals surface area contributed by atoms with E-state index in [9.17, 15) is 22.8 Å². The molecule has 0 unspecified atom stereocenters. The minimum Gasteiger partial charge on any atom is -0.305 e. The van der Waals surface area contributed by atoms with E-state index in [1.54, 1.807) is 26.2 Å². The van der Waals surface area contributed by atoms with Crippen LogP contribution in [0.1, 0.15) is 44.7 Å². The number of halogens is 3. The highest BCUT2D eigenvalue weighted by atomic mass is 32.2. The lowest BCUT2D eigenvalue weighted by Gasteiger charge is -2.28. The molecule has 0 bridgehead atoms. The van der Waals surface area contributed by atoms with Gasteiger partial charge in [-0.15, -0.1) is 0 Å². The van der Waals surface area contributed by atoms with Crippen LogP contribution < -0.4 is 4.90 Å². The standard InChI is InChI=1S/C21H22F3N3O2S/c1-13(2)17-11-25-10-9-14(17)12-26-19(29)27(18(28)20(26,3)4)15-5-7-16(8-6-15)30-21(22,23)24/h5-11,13H,12H2,1-4H3. The summed E-state index contributed by atoms with van der Waals surface area (Å²) in [5.74, 6) is -0.233. The first kappa shape index (κ1) is 22.1. The van der Waals surface area contributed by atoms with E-state index in [0.29, 0.717) is 0 Å². The van der Waals surface area contributed by atoms with E-state index in [4.69, 9.17) is 0 Å². The Kier molecular flexibility index (Phi) is 5.86. The van der Waals surface area contributed by atoms with Crippen molar-refractivity contribution in [3.8, 4) is 0 Å². The summed E-state index contributed by atoms with van der Waals surface area (Å²) >= 11 is -0.245. The van der Waals surface area contributed by atoms with Crippen LogP contribution >= 0.6 is 11.8 Å². The summed E-state index contributed by atoms with van der Waals surface area (Å²) in [5, 5.41) is 0. The SMILES string of the molecule is CC(C)c1cnccc1CN1C(=O)N(c2ccc(SC(F)(F)F)cc2)C(=O)C1(C)C. The second-order valence-corrected chi connectivity index (χ2v) is 8.98. The monoisotopic (exact) mass is 437 g/mol. The average Bonchev–Trinajstić information content (AvgIpc) is 2.81. The molecule has 30 heavy (non-hydrogen) atoms. The van der Waals surface area contributed by atoms with Gasteiger partial charge in [0.05, 0.1) is 5.69 Å². The molecule has 1 fully saturated rings. The Labute approximate surface area is 177 Å². The number of thioether (sulfide) groups is 1. The summed E-state index contributed by atoms with van der Waals surface area (Å²) in [6, 6.07) is 6.54. The van der Waals surface area contributed by atoms with Crippen molar-refractivity contribution in [3.05, 3.63) is 53.9 Å². The first-order valence-corrected chi connectivity index (χ1v) is 10.2. The molecular weight excluding hydrogens is 415 g/mol. The van der Waals surface area contributed by atoms with Crippen LogP contribution in [0.2, 0.25) is 0 Å². The van der Waals surface area contributed by atoms with Gasteiger partial charge in [0.15, 0.2) is 0 Å². The molecule has 0 radical (unpaired) electrons. The van der Waals surface area contributed by atoms with E-state index in [-0.39, 0.29) is 34.8 Å². The maximum absolute atomic E-state index is 13.2. The fourth-order valence-corrected chi connectivity index (χ4v) is 3.93. The van der Waals surface area contributed by atoms with Crippen LogP contribution in [0, 0.1) is 0 Å². The van der Waals surface area contributed by atoms with Gasteiger partial charge in [0, 0.05) is 23.8 Å². The molecule has 1 aliphatic heterocycles. The number of rotatable bonds is 5. The number of carbonyl (C=O) groups excluding carboxylic acids is 2. The van der Waals surface area contributed by atoms with E-state index in [1.165, 1.54) is 29.2 Å². The summed E-state index contributed by atoms with van der Waals surface area (Å²) in [6.07, 6.45) is 3.40. The Morgan fingerprint density at radius 3 is 2.30 bits per heavy atom. The molecule has 3 amide bonds. The van der Waals surface area contributed by atoms with Gasteiger partial charge in [-0.05, 0) is 73.0 Å². The summed E-state index contributed by atoms with van der Waals surface area (Å²) in [6.45, 7) is 7.60. The van der Waals surface area contributed by atoms with Crippen molar-refractivity contribution in [2.75, 3.05) is 4.90 Å². The van der Waals surface area contributed by atoms with Gasteiger partial charge in [0.1, 0.15) is 5.54 Å². The summed E-state index contributed by atoms with van der Waals surface area (Å²) < 4.78 is 37.6. The van der Waals surface area contributed by atoms with Crippen molar-refractivity contribution >= 4 is 29.4 Å². The van der Waals surface area contributed by atoms with Crippen LogP contribution in [0.3, 0.4) is 0 Å². The number of alkyl halides is 3. The Bertz CT molecular complexity index is 959. The minimum absolute atomic E-state index is 0.0141. The Morgan fingerprint density at radius 1 is 1.10 bits per heavy atom. The van der Waals surface area contributed by atoms with E-state index < -0.39 is 23.0 Å². The number of anilines is 1. The van der Waals surface area contributed by atoms with Gasteiger partial charge >= 0.3 is 11.5 Å². The number of carbonyl (C=O) groups is 2. The second-order valence-electron chi connectivity index (χ2n) is 7.84. The molecule has 3 rings (SSSR count). The molecule has 5 nitrogen and oxygen atoms in total. The maximum atomic E-state index is 13.2. The number of amides is 3. The molecule has 1 saturated heterocycles. The number of hydrogen-bond donors (Lipinski definition) is 0. The lowest BCUT2D eigenvalue weighted by Crippen LogP contribution is -2.43. The minimum atomic E-state index is -4.40. The van der Waals surface area contributed by atoms with Crippen LogP contribution in [0.5, 0.6) is 0 Å². The summed E-state index contributed by atoms with van der Waals surface area (Å²) in [4.78, 5) is 32.8. The van der Waals surface area contributed by atoms with E-state index in [0.717, 1.165) is 16.0 Å². The van der Waals surface area contributed by atoms with Crippen LogP contribution in [0.4, 0.5) is 23.7 Å². The molecule has 1 aromatic carbocycles. The van der Waals surface area contributed by atoms with Gasteiger partial charge in [0.2, 0.25) is 0 Å². The Morgan fingerprint density at radius 2 is 1.73 bits per heavy atom. The van der Waals surface area contributed by atoms with Gasteiger partial charge < -0.3 is 4.90 Å². The van der Waals surface area contributed by atoms with Gasteiger partial charge in [-0.25, -0.2) is 9.69 Å². The van der Waals surface area contributed by atoms with Crippen LogP contribution in [0.25, 0.3) is 0 Å². The summed E-state index contributed by atoms with van der Waals surface area (Å²) in [7, 11) is 0. The molecule has 9 heteroatoms. The highest BCUT2D eigenvalue weighted by Crippen LogP contribution is 2.39.